The first-order valence-corrected chi connectivity index (χ1v) is 5.27. The van der Waals surface area contributed by atoms with Crippen LogP contribution in [0.25, 0.3) is 0 Å². The van der Waals surface area contributed by atoms with Gasteiger partial charge in [0.15, 0.2) is 18.4 Å². The zero-order valence-corrected chi connectivity index (χ0v) is 9.43. The fourth-order valence-electron chi connectivity index (χ4n) is 1.39. The van der Waals surface area contributed by atoms with E-state index in [2.05, 4.69) is 13.8 Å². The maximum Gasteiger partial charge on any atom is 0.194 e. The zero-order chi connectivity index (χ0) is 11.4. The Balaban J connectivity index is 2.85. The highest BCUT2D eigenvalue weighted by atomic mass is 16.4. The van der Waals surface area contributed by atoms with E-state index in [9.17, 15) is 9.90 Å². The van der Waals surface area contributed by atoms with Gasteiger partial charge in [0.25, 0.3) is 0 Å². The minimum absolute atomic E-state index is 0.512. The van der Waals surface area contributed by atoms with Crippen LogP contribution in [-0.4, -0.2) is 5.97 Å². The molecular weight excluding hydrogens is 190 g/mol. The summed E-state index contributed by atoms with van der Waals surface area (Å²) in [4.78, 5) is 10.6. The molecule has 0 bridgehead atoms. The van der Waals surface area contributed by atoms with Gasteiger partial charge < -0.3 is 9.90 Å². The predicted octanol–water partition coefficient (Wildman–Crippen LogP) is 0.798. The van der Waals surface area contributed by atoms with Crippen LogP contribution in [0.5, 0.6) is 0 Å². The predicted molar refractivity (Wildman–Crippen MR) is 55.1 cm³/mol. The Kier molecular flexibility index (Phi) is 3.83. The fraction of sp³-hybridized carbons (Fsp3) is 0.500. The van der Waals surface area contributed by atoms with Crippen molar-refractivity contribution in [3.05, 3.63) is 30.1 Å². The molecule has 0 saturated carbocycles. The summed E-state index contributed by atoms with van der Waals surface area (Å²) in [5, 5.41) is 10.6. The van der Waals surface area contributed by atoms with Gasteiger partial charge in [-0.3, -0.25) is 0 Å². The first-order chi connectivity index (χ1) is 7.06. The van der Waals surface area contributed by atoms with Crippen LogP contribution in [0.4, 0.5) is 0 Å². The van der Waals surface area contributed by atoms with Crippen molar-refractivity contribution < 1.29 is 14.5 Å². The number of carbonyl (C=O) groups is 1. The minimum Gasteiger partial charge on any atom is -0.543 e. The van der Waals surface area contributed by atoms with Crippen molar-refractivity contribution in [3.63, 3.8) is 0 Å². The highest BCUT2D eigenvalue weighted by molar-refractivity contribution is 5.66. The van der Waals surface area contributed by atoms with Crippen LogP contribution >= 0.6 is 0 Å². The van der Waals surface area contributed by atoms with Crippen molar-refractivity contribution in [2.75, 3.05) is 0 Å². The molecule has 0 saturated heterocycles. The molecule has 15 heavy (non-hydrogen) atoms. The van der Waals surface area contributed by atoms with E-state index < -0.39 is 12.0 Å². The van der Waals surface area contributed by atoms with Crippen molar-refractivity contribution in [2.24, 2.45) is 0 Å². The number of carboxylic acids is 1. The topological polar surface area (TPSA) is 44.0 Å². The Hall–Kier alpha value is -1.38. The molecule has 0 spiro atoms. The third kappa shape index (κ3) is 2.78. The summed E-state index contributed by atoms with van der Waals surface area (Å²) in [5.41, 5.74) is 1.24. The second kappa shape index (κ2) is 4.91. The van der Waals surface area contributed by atoms with E-state index in [4.69, 9.17) is 0 Å². The summed E-state index contributed by atoms with van der Waals surface area (Å²) < 4.78 is 1.64. The van der Waals surface area contributed by atoms with Gasteiger partial charge in [-0.2, -0.15) is 4.57 Å². The third-order valence-corrected chi connectivity index (χ3v) is 2.85. The molecule has 1 rings (SSSR count). The van der Waals surface area contributed by atoms with Gasteiger partial charge in [0.2, 0.25) is 0 Å². The summed E-state index contributed by atoms with van der Waals surface area (Å²) in [6.07, 6.45) is 4.67. The Bertz CT molecular complexity index is 332. The van der Waals surface area contributed by atoms with Crippen LogP contribution in [0.15, 0.2) is 24.5 Å². The van der Waals surface area contributed by atoms with E-state index in [-0.39, 0.29) is 0 Å². The van der Waals surface area contributed by atoms with E-state index in [0.717, 1.165) is 6.42 Å². The van der Waals surface area contributed by atoms with Gasteiger partial charge >= 0.3 is 0 Å². The molecule has 3 heteroatoms. The molecule has 1 heterocycles. The molecule has 0 N–H and O–H groups in total. The number of hydrogen-bond acceptors (Lipinski definition) is 2. The summed E-state index contributed by atoms with van der Waals surface area (Å²) >= 11 is 0. The molecule has 2 atom stereocenters. The molecule has 0 aliphatic heterocycles. The van der Waals surface area contributed by atoms with Crippen LogP contribution in [-0.2, 0) is 4.79 Å². The average Bonchev–Trinajstić information content (AvgIpc) is 2.27. The number of nitrogens with zero attached hydrogens (tertiary/aromatic N) is 1. The largest absolute Gasteiger partial charge is 0.543 e. The molecule has 82 valence electrons. The van der Waals surface area contributed by atoms with Gasteiger partial charge in [-0.1, -0.05) is 13.8 Å². The molecule has 0 aliphatic carbocycles. The molecule has 1 aromatic heterocycles. The zero-order valence-electron chi connectivity index (χ0n) is 9.43. The molecule has 2 unspecified atom stereocenters. The van der Waals surface area contributed by atoms with Gasteiger partial charge in [-0.25, -0.2) is 0 Å². The fourth-order valence-corrected chi connectivity index (χ4v) is 1.39. The first-order valence-electron chi connectivity index (χ1n) is 5.27. The maximum absolute atomic E-state index is 10.6. The van der Waals surface area contributed by atoms with Crippen LogP contribution in [0.1, 0.15) is 44.7 Å². The summed E-state index contributed by atoms with van der Waals surface area (Å²) in [6, 6.07) is 3.32. The van der Waals surface area contributed by atoms with Crippen LogP contribution in [0.3, 0.4) is 0 Å². The van der Waals surface area contributed by atoms with E-state index in [1.54, 1.807) is 23.9 Å². The maximum atomic E-state index is 10.6. The van der Waals surface area contributed by atoms with Crippen molar-refractivity contribution in [3.8, 4) is 0 Å². The highest BCUT2D eigenvalue weighted by Crippen LogP contribution is 2.16. The lowest BCUT2D eigenvalue weighted by Gasteiger charge is -2.10. The molecular formula is C12H17NO2. The van der Waals surface area contributed by atoms with Crippen molar-refractivity contribution in [1.29, 1.82) is 0 Å². The molecule has 0 fully saturated rings. The number of aliphatic carboxylic acids is 1. The van der Waals surface area contributed by atoms with E-state index in [0.29, 0.717) is 5.92 Å². The van der Waals surface area contributed by atoms with Gasteiger partial charge in [0, 0.05) is 19.1 Å². The lowest BCUT2D eigenvalue weighted by molar-refractivity contribution is -0.712. The molecule has 0 aliphatic rings. The Morgan fingerprint density at radius 2 is 1.93 bits per heavy atom. The first kappa shape index (κ1) is 11.7. The van der Waals surface area contributed by atoms with Gasteiger partial charge in [0.1, 0.15) is 5.97 Å². The SMILES string of the molecule is CCC(C)c1cc[n+](C(C)C(=O)[O-])cc1. The van der Waals surface area contributed by atoms with Crippen molar-refractivity contribution in [2.45, 2.75) is 39.2 Å². The number of hydrogen-bond donors (Lipinski definition) is 0. The monoisotopic (exact) mass is 207 g/mol. The normalized spacial score (nSPS) is 14.6. The Morgan fingerprint density at radius 1 is 1.40 bits per heavy atom. The third-order valence-electron chi connectivity index (χ3n) is 2.85. The smallest absolute Gasteiger partial charge is 0.194 e. The Morgan fingerprint density at radius 3 is 2.33 bits per heavy atom. The minimum atomic E-state index is -1.06. The lowest BCUT2D eigenvalue weighted by atomic mass is 10.0. The summed E-state index contributed by atoms with van der Waals surface area (Å²) in [5.74, 6) is -0.547. The van der Waals surface area contributed by atoms with E-state index in [1.165, 1.54) is 5.56 Å². The highest BCUT2D eigenvalue weighted by Gasteiger charge is 2.13. The molecule has 0 radical (unpaired) electrons. The standard InChI is InChI=1S/C12H17NO2/c1-4-9(2)11-5-7-13(8-6-11)10(3)12(14)15/h5-10H,4H2,1-3H3. The Labute approximate surface area is 90.4 Å². The van der Waals surface area contributed by atoms with Crippen molar-refractivity contribution in [1.82, 2.24) is 0 Å². The van der Waals surface area contributed by atoms with Crippen LogP contribution < -0.4 is 9.67 Å². The lowest BCUT2D eigenvalue weighted by Crippen LogP contribution is -2.47. The van der Waals surface area contributed by atoms with Gasteiger partial charge in [-0.05, 0) is 17.9 Å². The number of carboxylic acid groups (broad SMARTS) is 1. The van der Waals surface area contributed by atoms with Gasteiger partial charge in [0.05, 0.1) is 0 Å². The number of pyridine rings is 1. The second-order valence-corrected chi connectivity index (χ2v) is 3.88. The molecule has 1 aromatic rings. The van der Waals surface area contributed by atoms with E-state index >= 15 is 0 Å². The summed E-state index contributed by atoms with van der Waals surface area (Å²) in [7, 11) is 0. The number of rotatable bonds is 4. The van der Waals surface area contributed by atoms with E-state index in [1.807, 2.05) is 12.1 Å². The molecule has 3 nitrogen and oxygen atoms in total. The average molecular weight is 207 g/mol. The number of carbonyl (C=O) groups excluding carboxylic acids is 1. The molecule has 0 aromatic carbocycles. The van der Waals surface area contributed by atoms with Gasteiger partial charge in [-0.15, -0.1) is 0 Å². The van der Waals surface area contributed by atoms with Crippen LogP contribution in [0.2, 0.25) is 0 Å². The molecule has 0 amide bonds. The quantitative estimate of drug-likeness (QED) is 0.685. The summed E-state index contributed by atoms with van der Waals surface area (Å²) in [6.45, 7) is 5.90. The number of aromatic nitrogens is 1. The van der Waals surface area contributed by atoms with Crippen LogP contribution in [0, 0.1) is 0 Å². The second-order valence-electron chi connectivity index (χ2n) is 3.88. The van der Waals surface area contributed by atoms with Crippen molar-refractivity contribution >= 4 is 5.97 Å².